The molecule has 2 aromatic carbocycles. The highest BCUT2D eigenvalue weighted by Crippen LogP contribution is 2.46. The van der Waals surface area contributed by atoms with Crippen molar-refractivity contribution in [2.45, 2.75) is 26.2 Å². The van der Waals surface area contributed by atoms with Gasteiger partial charge in [0, 0.05) is 16.9 Å². The maximum Gasteiger partial charge on any atom is 0.141 e. The number of nitrogen functional groups attached to an aromatic ring is 1. The molecule has 3 nitrogen and oxygen atoms in total. The summed E-state index contributed by atoms with van der Waals surface area (Å²) in [7, 11) is 0. The molecule has 2 aromatic heterocycles. The first-order valence-corrected chi connectivity index (χ1v) is 10.5. The maximum absolute atomic E-state index is 13.8. The summed E-state index contributed by atoms with van der Waals surface area (Å²) >= 11 is 7.50. The van der Waals surface area contributed by atoms with E-state index < -0.39 is 5.82 Å². The normalized spacial score (nSPS) is 11.3. The summed E-state index contributed by atoms with van der Waals surface area (Å²) in [5, 5.41) is 0.725. The first-order valence-electron chi connectivity index (χ1n) is 9.28. The summed E-state index contributed by atoms with van der Waals surface area (Å²) < 4.78 is 27.2. The molecule has 0 aliphatic carbocycles. The van der Waals surface area contributed by atoms with E-state index in [-0.39, 0.29) is 10.8 Å². The zero-order valence-electron chi connectivity index (χ0n) is 15.7. The largest absolute Gasteiger partial charge is 0.383 e. The van der Waals surface area contributed by atoms with Crippen LogP contribution in [0.1, 0.15) is 25.6 Å². The van der Waals surface area contributed by atoms with Crippen LogP contribution < -0.4 is 5.73 Å². The molecule has 2 N–H and O–H groups in total. The smallest absolute Gasteiger partial charge is 0.141 e. The number of halogens is 3. The van der Waals surface area contributed by atoms with Gasteiger partial charge in [-0.05, 0) is 41.8 Å². The van der Waals surface area contributed by atoms with Crippen LogP contribution in [0.25, 0.3) is 31.8 Å². The number of unbranched alkanes of at least 4 members (excludes halogenated alkanes) is 1. The average Bonchev–Trinajstić information content (AvgIpc) is 3.09. The van der Waals surface area contributed by atoms with Crippen molar-refractivity contribution in [1.82, 2.24) is 9.97 Å². The van der Waals surface area contributed by atoms with Gasteiger partial charge >= 0.3 is 0 Å². The van der Waals surface area contributed by atoms with E-state index in [0.717, 1.165) is 40.1 Å². The van der Waals surface area contributed by atoms with E-state index in [2.05, 4.69) is 11.9 Å². The summed E-state index contributed by atoms with van der Waals surface area (Å²) in [4.78, 5) is 10.8. The van der Waals surface area contributed by atoms with Crippen molar-refractivity contribution < 1.29 is 8.78 Å². The van der Waals surface area contributed by atoms with Crippen LogP contribution in [-0.4, -0.2) is 9.97 Å². The summed E-state index contributed by atoms with van der Waals surface area (Å²) in [6.07, 6.45) is 2.76. The van der Waals surface area contributed by atoms with Gasteiger partial charge in [-0.25, -0.2) is 18.7 Å². The second-order valence-corrected chi connectivity index (χ2v) is 8.16. The summed E-state index contributed by atoms with van der Waals surface area (Å²) in [6, 6.07) is 10.8. The van der Waals surface area contributed by atoms with E-state index in [1.165, 1.54) is 29.5 Å². The monoisotopic (exact) mass is 429 g/mol. The Labute approximate surface area is 176 Å². The number of aryl methyl sites for hydroxylation is 1. The first kappa shape index (κ1) is 19.7. The van der Waals surface area contributed by atoms with Crippen LogP contribution in [0.3, 0.4) is 0 Å². The predicted octanol–water partition coefficient (Wildman–Crippen LogP) is 6.88. The fraction of sp³-hybridized carbons (Fsp3) is 0.182. The van der Waals surface area contributed by atoms with Crippen molar-refractivity contribution in [3.8, 4) is 21.6 Å². The molecule has 29 heavy (non-hydrogen) atoms. The zero-order valence-corrected chi connectivity index (χ0v) is 17.2. The molecule has 0 spiro atoms. The van der Waals surface area contributed by atoms with Crippen LogP contribution >= 0.6 is 22.9 Å². The van der Waals surface area contributed by atoms with E-state index in [9.17, 15) is 8.78 Å². The Kier molecular flexibility index (Phi) is 5.48. The van der Waals surface area contributed by atoms with Gasteiger partial charge in [-0.1, -0.05) is 43.1 Å². The molecule has 0 atom stereocenters. The van der Waals surface area contributed by atoms with Crippen molar-refractivity contribution in [3.05, 3.63) is 64.9 Å². The standard InChI is InChI=1S/C22H18ClF2N3S/c1-2-3-4-17-27-21(26)19-18(13-7-10-16(25)15(23)11-13)20(29-22(19)28-17)12-5-8-14(24)9-6-12/h5-11H,2-4H2,1H3,(H2,26,27,28). The Morgan fingerprint density at radius 1 is 1.03 bits per heavy atom. The van der Waals surface area contributed by atoms with Crippen LogP contribution in [-0.2, 0) is 6.42 Å². The highest BCUT2D eigenvalue weighted by molar-refractivity contribution is 7.22. The lowest BCUT2D eigenvalue weighted by Gasteiger charge is -2.08. The van der Waals surface area contributed by atoms with Gasteiger partial charge in [-0.2, -0.15) is 0 Å². The molecule has 2 heterocycles. The van der Waals surface area contributed by atoms with Crippen molar-refractivity contribution in [2.75, 3.05) is 5.73 Å². The number of anilines is 1. The van der Waals surface area contributed by atoms with Gasteiger partial charge in [-0.15, -0.1) is 11.3 Å². The van der Waals surface area contributed by atoms with Crippen LogP contribution in [0.4, 0.5) is 14.6 Å². The Bertz CT molecular complexity index is 1190. The number of fused-ring (bicyclic) bond motifs is 1. The molecule has 4 rings (SSSR count). The number of aromatic nitrogens is 2. The molecule has 0 saturated carbocycles. The Hall–Kier alpha value is -2.57. The highest BCUT2D eigenvalue weighted by atomic mass is 35.5. The van der Waals surface area contributed by atoms with Crippen molar-refractivity contribution in [2.24, 2.45) is 0 Å². The molecule has 0 fully saturated rings. The van der Waals surface area contributed by atoms with E-state index >= 15 is 0 Å². The summed E-state index contributed by atoms with van der Waals surface area (Å²) in [5.41, 5.74) is 8.64. The average molecular weight is 430 g/mol. The van der Waals surface area contributed by atoms with E-state index in [1.54, 1.807) is 24.3 Å². The molecule has 0 saturated heterocycles. The Morgan fingerprint density at radius 2 is 1.76 bits per heavy atom. The van der Waals surface area contributed by atoms with Crippen LogP contribution in [0.15, 0.2) is 42.5 Å². The van der Waals surface area contributed by atoms with E-state index in [1.807, 2.05) is 0 Å². The topological polar surface area (TPSA) is 51.8 Å². The van der Waals surface area contributed by atoms with E-state index in [0.29, 0.717) is 22.6 Å². The quantitative estimate of drug-likeness (QED) is 0.376. The van der Waals surface area contributed by atoms with Crippen LogP contribution in [0.5, 0.6) is 0 Å². The number of nitrogens with two attached hydrogens (primary N) is 1. The van der Waals surface area contributed by atoms with Gasteiger partial charge in [0.25, 0.3) is 0 Å². The summed E-state index contributed by atoms with van der Waals surface area (Å²) in [6.45, 7) is 2.11. The molecule has 0 amide bonds. The molecule has 7 heteroatoms. The molecular weight excluding hydrogens is 412 g/mol. The molecule has 0 bridgehead atoms. The minimum Gasteiger partial charge on any atom is -0.383 e. The van der Waals surface area contributed by atoms with Gasteiger partial charge in [0.1, 0.15) is 28.1 Å². The van der Waals surface area contributed by atoms with Gasteiger partial charge in [0.15, 0.2) is 0 Å². The first-order chi connectivity index (χ1) is 14.0. The molecule has 0 aliphatic heterocycles. The lowest BCUT2D eigenvalue weighted by molar-refractivity contribution is 0.628. The van der Waals surface area contributed by atoms with Gasteiger partial charge in [0.2, 0.25) is 0 Å². The van der Waals surface area contributed by atoms with Crippen molar-refractivity contribution in [3.63, 3.8) is 0 Å². The van der Waals surface area contributed by atoms with E-state index in [4.69, 9.17) is 22.3 Å². The summed E-state index contributed by atoms with van der Waals surface area (Å²) in [5.74, 6) is 0.264. The number of rotatable bonds is 5. The number of hydrogen-bond acceptors (Lipinski definition) is 4. The minimum absolute atomic E-state index is 0.0194. The molecule has 0 radical (unpaired) electrons. The molecule has 148 valence electrons. The third kappa shape index (κ3) is 3.82. The lowest BCUT2D eigenvalue weighted by Crippen LogP contribution is -2.00. The van der Waals surface area contributed by atoms with Crippen molar-refractivity contribution in [1.29, 1.82) is 0 Å². The highest BCUT2D eigenvalue weighted by Gasteiger charge is 2.21. The number of thiophene rings is 1. The minimum atomic E-state index is -0.496. The van der Waals surface area contributed by atoms with Crippen LogP contribution in [0.2, 0.25) is 5.02 Å². The molecule has 0 aliphatic rings. The lowest BCUT2D eigenvalue weighted by atomic mass is 9.99. The van der Waals surface area contributed by atoms with Gasteiger partial charge < -0.3 is 5.73 Å². The second-order valence-electron chi connectivity index (χ2n) is 6.75. The number of benzene rings is 2. The SMILES string of the molecule is CCCCc1nc(N)c2c(-c3ccc(F)c(Cl)c3)c(-c3ccc(F)cc3)sc2n1. The third-order valence-electron chi connectivity index (χ3n) is 4.69. The molecule has 4 aromatic rings. The molecular formula is C22H18ClF2N3S. The Morgan fingerprint density at radius 3 is 2.45 bits per heavy atom. The van der Waals surface area contributed by atoms with Crippen molar-refractivity contribution >= 4 is 39.0 Å². The predicted molar refractivity (Wildman–Crippen MR) is 116 cm³/mol. The third-order valence-corrected chi connectivity index (χ3v) is 6.12. The second kappa shape index (κ2) is 8.05. The fourth-order valence-electron chi connectivity index (χ4n) is 3.25. The Balaban J connectivity index is 2.00. The van der Waals surface area contributed by atoms with Crippen LogP contribution in [0, 0.1) is 11.6 Å². The fourth-order valence-corrected chi connectivity index (χ4v) is 4.66. The number of hydrogen-bond donors (Lipinski definition) is 1. The molecule has 0 unspecified atom stereocenters. The van der Waals surface area contributed by atoms with Gasteiger partial charge in [-0.3, -0.25) is 0 Å². The number of nitrogens with zero attached hydrogens (tertiary/aromatic N) is 2. The zero-order chi connectivity index (χ0) is 20.5. The van der Waals surface area contributed by atoms with Gasteiger partial charge in [0.05, 0.1) is 10.4 Å². The maximum atomic E-state index is 13.8.